The smallest absolute Gasteiger partial charge is 0.215 e. The molecule has 0 aliphatic heterocycles. The molecule has 0 amide bonds. The maximum atomic E-state index is 13.5. The maximum Gasteiger partial charge on any atom is 0.215 e. The molecular formula is C12H11F2N3O. The van der Waals surface area contributed by atoms with Crippen LogP contribution in [-0.4, -0.2) is 12.1 Å². The number of aromatic nitrogens is 1. The van der Waals surface area contributed by atoms with E-state index in [9.17, 15) is 8.78 Å². The predicted molar refractivity (Wildman–Crippen MR) is 64.8 cm³/mol. The molecule has 6 heteroatoms. The van der Waals surface area contributed by atoms with Crippen molar-refractivity contribution in [2.24, 2.45) is 0 Å². The quantitative estimate of drug-likeness (QED) is 0.880. The van der Waals surface area contributed by atoms with Crippen molar-refractivity contribution in [2.75, 3.05) is 18.2 Å². The van der Waals surface area contributed by atoms with Gasteiger partial charge in [0.2, 0.25) is 5.88 Å². The number of methoxy groups -OCH3 is 1. The number of anilines is 3. The molecule has 0 bridgehead atoms. The van der Waals surface area contributed by atoms with Crippen LogP contribution in [0, 0.1) is 11.6 Å². The van der Waals surface area contributed by atoms with Gasteiger partial charge in [-0.05, 0) is 18.2 Å². The van der Waals surface area contributed by atoms with Crippen LogP contribution in [0.3, 0.4) is 0 Å². The number of nitrogens with two attached hydrogens (primary N) is 1. The lowest BCUT2D eigenvalue weighted by molar-refractivity contribution is 0.398. The first kappa shape index (κ1) is 12.1. The predicted octanol–water partition coefficient (Wildman–Crippen LogP) is 2.69. The summed E-state index contributed by atoms with van der Waals surface area (Å²) in [4.78, 5) is 4.01. The van der Waals surface area contributed by atoms with Crippen molar-refractivity contribution in [3.8, 4) is 5.88 Å². The lowest BCUT2D eigenvalue weighted by Gasteiger charge is -2.10. The molecule has 2 aromatic rings. The lowest BCUT2D eigenvalue weighted by Crippen LogP contribution is -2.02. The second-order valence-electron chi connectivity index (χ2n) is 3.52. The van der Waals surface area contributed by atoms with Gasteiger partial charge in [-0.25, -0.2) is 8.78 Å². The van der Waals surface area contributed by atoms with Crippen molar-refractivity contribution in [2.45, 2.75) is 0 Å². The summed E-state index contributed by atoms with van der Waals surface area (Å²) in [6.45, 7) is 0. The average Bonchev–Trinajstić information content (AvgIpc) is 2.37. The molecule has 0 aliphatic rings. The first-order valence-corrected chi connectivity index (χ1v) is 5.13. The van der Waals surface area contributed by atoms with Crippen LogP contribution in [0.1, 0.15) is 0 Å². The molecule has 0 saturated heterocycles. The minimum absolute atomic E-state index is 0.0394. The van der Waals surface area contributed by atoms with Crippen LogP contribution in [0.2, 0.25) is 0 Å². The highest BCUT2D eigenvalue weighted by Gasteiger charge is 2.10. The molecule has 4 nitrogen and oxygen atoms in total. The van der Waals surface area contributed by atoms with E-state index in [0.717, 1.165) is 6.07 Å². The standard InChI is InChI=1S/C12H11F2N3O/c1-18-10-6-5-8(15)12(17-10)16-9-4-2-3-7(13)11(9)14/h2-6H,15H2,1H3,(H,16,17). The molecule has 1 heterocycles. The Labute approximate surface area is 102 Å². The third-order valence-electron chi connectivity index (χ3n) is 2.31. The van der Waals surface area contributed by atoms with Gasteiger partial charge in [-0.15, -0.1) is 0 Å². The lowest BCUT2D eigenvalue weighted by atomic mass is 10.3. The van der Waals surface area contributed by atoms with E-state index in [2.05, 4.69) is 10.3 Å². The van der Waals surface area contributed by atoms with Crippen LogP contribution in [0.5, 0.6) is 5.88 Å². The van der Waals surface area contributed by atoms with E-state index in [4.69, 9.17) is 10.5 Å². The van der Waals surface area contributed by atoms with E-state index >= 15 is 0 Å². The number of nitrogen functional groups attached to an aromatic ring is 1. The summed E-state index contributed by atoms with van der Waals surface area (Å²) in [5.74, 6) is -1.40. The fourth-order valence-electron chi connectivity index (χ4n) is 1.39. The third-order valence-corrected chi connectivity index (χ3v) is 2.31. The third kappa shape index (κ3) is 2.32. The number of pyridine rings is 1. The Morgan fingerprint density at radius 2 is 2.00 bits per heavy atom. The first-order valence-electron chi connectivity index (χ1n) is 5.13. The van der Waals surface area contributed by atoms with Crippen LogP contribution < -0.4 is 15.8 Å². The fraction of sp³-hybridized carbons (Fsp3) is 0.0833. The van der Waals surface area contributed by atoms with Crippen molar-refractivity contribution >= 4 is 17.2 Å². The molecule has 0 spiro atoms. The van der Waals surface area contributed by atoms with Gasteiger partial charge >= 0.3 is 0 Å². The van der Waals surface area contributed by atoms with Crippen LogP contribution in [0.4, 0.5) is 26.0 Å². The number of ether oxygens (including phenoxy) is 1. The Bertz CT molecular complexity index is 575. The van der Waals surface area contributed by atoms with Crippen molar-refractivity contribution in [1.29, 1.82) is 0 Å². The van der Waals surface area contributed by atoms with E-state index in [-0.39, 0.29) is 11.5 Å². The zero-order chi connectivity index (χ0) is 13.1. The van der Waals surface area contributed by atoms with Crippen molar-refractivity contribution in [1.82, 2.24) is 4.98 Å². The summed E-state index contributed by atoms with van der Waals surface area (Å²) in [7, 11) is 1.45. The van der Waals surface area contributed by atoms with Crippen LogP contribution in [0.25, 0.3) is 0 Å². The molecule has 2 rings (SSSR count). The van der Waals surface area contributed by atoms with Crippen molar-refractivity contribution in [3.63, 3.8) is 0 Å². The number of benzene rings is 1. The first-order chi connectivity index (χ1) is 8.61. The summed E-state index contributed by atoms with van der Waals surface area (Å²) in [6.07, 6.45) is 0. The monoisotopic (exact) mass is 251 g/mol. The molecule has 3 N–H and O–H groups in total. The molecule has 1 aromatic carbocycles. The van der Waals surface area contributed by atoms with Gasteiger partial charge < -0.3 is 15.8 Å². The molecular weight excluding hydrogens is 240 g/mol. The number of halogens is 2. The van der Waals surface area contributed by atoms with Gasteiger partial charge in [-0.1, -0.05) is 6.07 Å². The molecule has 94 valence electrons. The molecule has 1 aromatic heterocycles. The molecule has 0 unspecified atom stereocenters. The number of nitrogens with zero attached hydrogens (tertiary/aromatic N) is 1. The Morgan fingerprint density at radius 3 is 2.72 bits per heavy atom. The zero-order valence-corrected chi connectivity index (χ0v) is 9.58. The minimum Gasteiger partial charge on any atom is -0.481 e. The Balaban J connectivity index is 2.36. The minimum atomic E-state index is -0.985. The van der Waals surface area contributed by atoms with Crippen molar-refractivity contribution in [3.05, 3.63) is 42.0 Å². The summed E-state index contributed by atoms with van der Waals surface area (Å²) >= 11 is 0. The number of hydrogen-bond donors (Lipinski definition) is 2. The fourth-order valence-corrected chi connectivity index (χ4v) is 1.39. The molecule has 0 radical (unpaired) electrons. The topological polar surface area (TPSA) is 60.2 Å². The Kier molecular flexibility index (Phi) is 3.27. The highest BCUT2D eigenvalue weighted by atomic mass is 19.2. The highest BCUT2D eigenvalue weighted by molar-refractivity contribution is 5.69. The number of rotatable bonds is 3. The van der Waals surface area contributed by atoms with Crippen LogP contribution in [0.15, 0.2) is 30.3 Å². The molecule has 0 saturated carbocycles. The van der Waals surface area contributed by atoms with Gasteiger partial charge in [-0.2, -0.15) is 4.98 Å². The molecule has 0 fully saturated rings. The van der Waals surface area contributed by atoms with Gasteiger partial charge in [0, 0.05) is 6.07 Å². The normalized spacial score (nSPS) is 10.2. The Hall–Kier alpha value is -2.37. The summed E-state index contributed by atoms with van der Waals surface area (Å²) in [5.41, 5.74) is 5.95. The van der Waals surface area contributed by atoms with Gasteiger partial charge in [-0.3, -0.25) is 0 Å². The van der Waals surface area contributed by atoms with Crippen molar-refractivity contribution < 1.29 is 13.5 Å². The number of hydrogen-bond acceptors (Lipinski definition) is 4. The summed E-state index contributed by atoms with van der Waals surface area (Å²) in [5, 5.41) is 2.62. The van der Waals surface area contributed by atoms with E-state index < -0.39 is 11.6 Å². The van der Waals surface area contributed by atoms with E-state index in [1.165, 1.54) is 19.2 Å². The van der Waals surface area contributed by atoms with Gasteiger partial charge in [0.25, 0.3) is 0 Å². The summed E-state index contributed by atoms with van der Waals surface area (Å²) in [6, 6.07) is 6.94. The second kappa shape index (κ2) is 4.87. The molecule has 18 heavy (non-hydrogen) atoms. The van der Waals surface area contributed by atoms with Crippen LogP contribution in [-0.2, 0) is 0 Å². The number of nitrogens with one attached hydrogen (secondary N) is 1. The van der Waals surface area contributed by atoms with E-state index in [1.807, 2.05) is 0 Å². The molecule has 0 aliphatic carbocycles. The van der Waals surface area contributed by atoms with Gasteiger partial charge in [0.15, 0.2) is 17.5 Å². The summed E-state index contributed by atoms with van der Waals surface area (Å²) < 4.78 is 31.4. The second-order valence-corrected chi connectivity index (χ2v) is 3.52. The maximum absolute atomic E-state index is 13.5. The van der Waals surface area contributed by atoms with Gasteiger partial charge in [0.05, 0.1) is 18.5 Å². The zero-order valence-electron chi connectivity index (χ0n) is 9.58. The SMILES string of the molecule is COc1ccc(N)c(Nc2cccc(F)c2F)n1. The largest absolute Gasteiger partial charge is 0.481 e. The van der Waals surface area contributed by atoms with E-state index in [0.29, 0.717) is 11.6 Å². The van der Waals surface area contributed by atoms with Crippen LogP contribution >= 0.6 is 0 Å². The van der Waals surface area contributed by atoms with Gasteiger partial charge in [0.1, 0.15) is 0 Å². The Morgan fingerprint density at radius 1 is 1.22 bits per heavy atom. The average molecular weight is 251 g/mol. The highest BCUT2D eigenvalue weighted by Crippen LogP contribution is 2.26. The van der Waals surface area contributed by atoms with E-state index in [1.54, 1.807) is 12.1 Å². The molecule has 0 atom stereocenters.